The zero-order chi connectivity index (χ0) is 13.2. The molecule has 1 aliphatic rings. The Morgan fingerprint density at radius 1 is 1.28 bits per heavy atom. The molecule has 1 aromatic carbocycles. The van der Waals surface area contributed by atoms with Gasteiger partial charge in [0.05, 0.1) is 4.90 Å². The van der Waals surface area contributed by atoms with E-state index in [0.29, 0.717) is 19.4 Å². The van der Waals surface area contributed by atoms with Crippen LogP contribution in [0.2, 0.25) is 0 Å². The van der Waals surface area contributed by atoms with E-state index in [0.717, 1.165) is 0 Å². The first kappa shape index (κ1) is 13.0. The third-order valence-electron chi connectivity index (χ3n) is 3.10. The van der Waals surface area contributed by atoms with Crippen LogP contribution in [0.25, 0.3) is 0 Å². The summed E-state index contributed by atoms with van der Waals surface area (Å²) in [7, 11) is -3.59. The Balaban J connectivity index is 2.23. The lowest BCUT2D eigenvalue weighted by Gasteiger charge is -2.32. The lowest BCUT2D eigenvalue weighted by molar-refractivity contribution is -0.312. The number of rotatable bonds is 3. The van der Waals surface area contributed by atoms with E-state index in [1.807, 2.05) is 0 Å². The maximum absolute atomic E-state index is 12.3. The predicted molar refractivity (Wildman–Crippen MR) is 62.9 cm³/mol. The average molecular weight is 268 g/mol. The Morgan fingerprint density at radius 2 is 1.94 bits per heavy atom. The van der Waals surface area contributed by atoms with Crippen molar-refractivity contribution >= 4 is 16.0 Å². The highest BCUT2D eigenvalue weighted by Gasteiger charge is 2.30. The second-order valence-corrected chi connectivity index (χ2v) is 6.27. The Morgan fingerprint density at radius 3 is 2.56 bits per heavy atom. The number of benzene rings is 1. The third-order valence-corrected chi connectivity index (χ3v) is 4.98. The van der Waals surface area contributed by atoms with Crippen LogP contribution in [0.4, 0.5) is 0 Å². The van der Waals surface area contributed by atoms with Gasteiger partial charge >= 0.3 is 0 Å². The number of hydrogen-bond acceptors (Lipinski definition) is 4. The van der Waals surface area contributed by atoms with E-state index < -0.39 is 21.9 Å². The molecule has 0 bridgehead atoms. The molecule has 18 heavy (non-hydrogen) atoms. The first-order valence-electron chi connectivity index (χ1n) is 5.78. The minimum Gasteiger partial charge on any atom is -0.550 e. The number of carboxylic acids is 1. The van der Waals surface area contributed by atoms with Crippen molar-refractivity contribution in [1.82, 2.24) is 4.31 Å². The van der Waals surface area contributed by atoms with Crippen LogP contribution in [0.15, 0.2) is 35.2 Å². The van der Waals surface area contributed by atoms with Crippen molar-refractivity contribution in [2.45, 2.75) is 17.7 Å². The van der Waals surface area contributed by atoms with Gasteiger partial charge in [0.25, 0.3) is 0 Å². The molecule has 1 aliphatic heterocycles. The molecule has 6 heteroatoms. The van der Waals surface area contributed by atoms with Gasteiger partial charge in [-0.1, -0.05) is 18.2 Å². The van der Waals surface area contributed by atoms with Crippen LogP contribution in [0, 0.1) is 5.92 Å². The number of carbonyl (C=O) groups excluding carboxylic acids is 1. The van der Waals surface area contributed by atoms with Crippen LogP contribution < -0.4 is 5.11 Å². The van der Waals surface area contributed by atoms with Gasteiger partial charge < -0.3 is 9.90 Å². The van der Waals surface area contributed by atoms with Crippen molar-refractivity contribution in [1.29, 1.82) is 0 Å². The first-order valence-corrected chi connectivity index (χ1v) is 7.22. The Bertz CT molecular complexity index is 526. The quantitative estimate of drug-likeness (QED) is 0.763. The van der Waals surface area contributed by atoms with Crippen molar-refractivity contribution in [2.75, 3.05) is 13.1 Å². The number of hydrogen-bond donors (Lipinski definition) is 0. The Kier molecular flexibility index (Phi) is 3.68. The number of carbonyl (C=O) groups is 1. The minimum absolute atomic E-state index is 0.000436. The van der Waals surface area contributed by atoms with Gasteiger partial charge in [-0.15, -0.1) is 0 Å². The fourth-order valence-corrected chi connectivity index (χ4v) is 3.64. The molecule has 1 unspecified atom stereocenters. The third kappa shape index (κ3) is 2.54. The molecule has 1 aromatic rings. The van der Waals surface area contributed by atoms with Gasteiger partial charge in [-0.05, 0) is 25.0 Å². The maximum atomic E-state index is 12.3. The maximum Gasteiger partial charge on any atom is 0.243 e. The minimum atomic E-state index is -3.59. The topological polar surface area (TPSA) is 77.5 Å². The van der Waals surface area contributed by atoms with Crippen LogP contribution in [-0.4, -0.2) is 31.8 Å². The number of aliphatic carboxylic acids is 1. The molecule has 5 nitrogen and oxygen atoms in total. The molecule has 0 aliphatic carbocycles. The highest BCUT2D eigenvalue weighted by atomic mass is 32.2. The first-order chi connectivity index (χ1) is 8.51. The van der Waals surface area contributed by atoms with E-state index in [1.165, 1.54) is 16.4 Å². The zero-order valence-electron chi connectivity index (χ0n) is 9.78. The van der Waals surface area contributed by atoms with Gasteiger partial charge in [-0.3, -0.25) is 0 Å². The van der Waals surface area contributed by atoms with Crippen molar-refractivity contribution in [3.8, 4) is 0 Å². The summed E-state index contributed by atoms with van der Waals surface area (Å²) in [5.74, 6) is -1.89. The average Bonchev–Trinajstić information content (AvgIpc) is 2.40. The second-order valence-electron chi connectivity index (χ2n) is 4.33. The number of piperidine rings is 1. The number of carboxylic acid groups (broad SMARTS) is 1. The molecule has 1 saturated heterocycles. The summed E-state index contributed by atoms with van der Waals surface area (Å²) in [6.07, 6.45) is 1.02. The molecule has 1 atom stereocenters. The lowest BCUT2D eigenvalue weighted by atomic mass is 10.0. The van der Waals surface area contributed by atoms with Crippen LogP contribution in [0.1, 0.15) is 12.8 Å². The van der Waals surface area contributed by atoms with Crippen LogP contribution in [0.5, 0.6) is 0 Å². The molecule has 98 valence electrons. The summed E-state index contributed by atoms with van der Waals surface area (Å²) in [6, 6.07) is 8.05. The van der Waals surface area contributed by atoms with Gasteiger partial charge in [-0.25, -0.2) is 8.42 Å². The summed E-state index contributed by atoms with van der Waals surface area (Å²) >= 11 is 0. The standard InChI is InChI=1S/C12H15NO4S/c14-12(15)10-5-4-8-13(9-10)18(16,17)11-6-2-1-3-7-11/h1-3,6-7,10H,4-5,8-9H2,(H,14,15)/p-1. The van der Waals surface area contributed by atoms with E-state index in [1.54, 1.807) is 18.2 Å². The largest absolute Gasteiger partial charge is 0.550 e. The molecule has 2 rings (SSSR count). The van der Waals surface area contributed by atoms with Crippen molar-refractivity contribution in [3.63, 3.8) is 0 Å². The second kappa shape index (κ2) is 5.07. The van der Waals surface area contributed by atoms with Gasteiger partial charge in [-0.2, -0.15) is 4.31 Å². The van der Waals surface area contributed by atoms with Gasteiger partial charge in [0.1, 0.15) is 0 Å². The van der Waals surface area contributed by atoms with Crippen LogP contribution in [-0.2, 0) is 14.8 Å². The Hall–Kier alpha value is -1.40. The molecule has 0 amide bonds. The highest BCUT2D eigenvalue weighted by Crippen LogP contribution is 2.23. The molecule has 0 aromatic heterocycles. The normalized spacial score (nSPS) is 21.7. The van der Waals surface area contributed by atoms with E-state index in [2.05, 4.69) is 0 Å². The van der Waals surface area contributed by atoms with Crippen molar-refractivity contribution in [3.05, 3.63) is 30.3 Å². The lowest BCUT2D eigenvalue weighted by Crippen LogP contribution is -2.46. The van der Waals surface area contributed by atoms with Gasteiger partial charge in [0, 0.05) is 25.0 Å². The molecular formula is C12H14NO4S-. The van der Waals surface area contributed by atoms with Gasteiger partial charge in [0.15, 0.2) is 0 Å². The number of nitrogens with zero attached hydrogens (tertiary/aromatic N) is 1. The molecule has 1 fully saturated rings. The molecular weight excluding hydrogens is 254 g/mol. The van der Waals surface area contributed by atoms with E-state index in [-0.39, 0.29) is 11.4 Å². The van der Waals surface area contributed by atoms with E-state index in [9.17, 15) is 18.3 Å². The Labute approximate surface area is 106 Å². The summed E-state index contributed by atoms with van der Waals surface area (Å²) in [6.45, 7) is 0.362. The van der Waals surface area contributed by atoms with E-state index >= 15 is 0 Å². The highest BCUT2D eigenvalue weighted by molar-refractivity contribution is 7.89. The molecule has 0 radical (unpaired) electrons. The van der Waals surface area contributed by atoms with Crippen molar-refractivity contribution in [2.24, 2.45) is 5.92 Å². The van der Waals surface area contributed by atoms with Gasteiger partial charge in [0.2, 0.25) is 10.0 Å². The predicted octanol–water partition coefficient (Wildman–Crippen LogP) is -0.163. The molecule has 0 spiro atoms. The SMILES string of the molecule is O=C([O-])C1CCCN(S(=O)(=O)c2ccccc2)C1. The molecule has 0 N–H and O–H groups in total. The summed E-state index contributed by atoms with van der Waals surface area (Å²) in [4.78, 5) is 11.0. The monoisotopic (exact) mass is 268 g/mol. The van der Waals surface area contributed by atoms with Crippen molar-refractivity contribution < 1.29 is 18.3 Å². The smallest absolute Gasteiger partial charge is 0.243 e. The van der Waals surface area contributed by atoms with E-state index in [4.69, 9.17) is 0 Å². The zero-order valence-corrected chi connectivity index (χ0v) is 10.6. The summed E-state index contributed by atoms with van der Waals surface area (Å²) in [5.41, 5.74) is 0. The fraction of sp³-hybridized carbons (Fsp3) is 0.417. The summed E-state index contributed by atoms with van der Waals surface area (Å²) in [5, 5.41) is 10.8. The van der Waals surface area contributed by atoms with Crippen LogP contribution >= 0.6 is 0 Å². The molecule has 1 heterocycles. The summed E-state index contributed by atoms with van der Waals surface area (Å²) < 4.78 is 25.8. The van der Waals surface area contributed by atoms with Crippen LogP contribution in [0.3, 0.4) is 0 Å². The fourth-order valence-electron chi connectivity index (χ4n) is 2.09. The number of sulfonamides is 1. The molecule has 0 saturated carbocycles.